The molecule has 0 saturated carbocycles. The van der Waals surface area contributed by atoms with E-state index in [4.69, 9.17) is 4.74 Å². The molecular formula is C18H21ClFN3O4S. The molecule has 2 aromatic rings. The van der Waals surface area contributed by atoms with Gasteiger partial charge in [0.05, 0.1) is 23.7 Å². The molecule has 7 nitrogen and oxygen atoms in total. The molecule has 1 saturated heterocycles. The molecule has 2 aromatic carbocycles. The number of nitrogens with one attached hydrogen (secondary N) is 3. The van der Waals surface area contributed by atoms with Crippen molar-refractivity contribution in [2.24, 2.45) is 0 Å². The zero-order valence-corrected chi connectivity index (χ0v) is 16.7. The Balaban J connectivity index is 0.00000280. The predicted octanol–water partition coefficient (Wildman–Crippen LogP) is 2.75. The number of methoxy groups -OCH3 is 1. The number of ether oxygens (including phenoxy) is 1. The van der Waals surface area contributed by atoms with Gasteiger partial charge in [-0.1, -0.05) is 0 Å². The summed E-state index contributed by atoms with van der Waals surface area (Å²) >= 11 is 0. The van der Waals surface area contributed by atoms with Crippen LogP contribution in [-0.2, 0) is 14.8 Å². The molecule has 10 heteroatoms. The van der Waals surface area contributed by atoms with Crippen LogP contribution in [0, 0.1) is 5.82 Å². The first-order valence-corrected chi connectivity index (χ1v) is 9.88. The van der Waals surface area contributed by atoms with E-state index in [1.165, 1.54) is 25.3 Å². The van der Waals surface area contributed by atoms with Crippen LogP contribution in [0.4, 0.5) is 15.8 Å². The lowest BCUT2D eigenvalue weighted by Gasteiger charge is -2.15. The lowest BCUT2D eigenvalue weighted by molar-refractivity contribution is -0.117. The Labute approximate surface area is 169 Å². The Hall–Kier alpha value is -2.36. The minimum Gasteiger partial charge on any atom is -0.495 e. The highest BCUT2D eigenvalue weighted by Gasteiger charge is 2.23. The molecule has 3 N–H and O–H groups in total. The number of anilines is 2. The van der Waals surface area contributed by atoms with E-state index < -0.39 is 15.8 Å². The summed E-state index contributed by atoms with van der Waals surface area (Å²) in [5.41, 5.74) is 0.602. The fourth-order valence-corrected chi connectivity index (χ4v) is 3.88. The molecule has 1 aliphatic heterocycles. The van der Waals surface area contributed by atoms with E-state index >= 15 is 0 Å². The van der Waals surface area contributed by atoms with Gasteiger partial charge in [0, 0.05) is 5.69 Å². The normalized spacial score (nSPS) is 16.1. The van der Waals surface area contributed by atoms with Gasteiger partial charge in [-0.3, -0.25) is 9.52 Å². The summed E-state index contributed by atoms with van der Waals surface area (Å²) in [6, 6.07) is 8.87. The Morgan fingerprint density at radius 2 is 1.93 bits per heavy atom. The van der Waals surface area contributed by atoms with Crippen LogP contribution in [0.25, 0.3) is 0 Å². The van der Waals surface area contributed by atoms with Crippen LogP contribution in [0.2, 0.25) is 0 Å². The molecule has 0 bridgehead atoms. The molecule has 1 fully saturated rings. The van der Waals surface area contributed by atoms with Gasteiger partial charge in [0.1, 0.15) is 11.6 Å². The number of hydrogen-bond acceptors (Lipinski definition) is 5. The number of carbonyl (C=O) groups excluding carboxylic acids is 1. The average Bonchev–Trinajstić information content (AvgIpc) is 3.17. The van der Waals surface area contributed by atoms with Crippen LogP contribution in [-0.4, -0.2) is 34.0 Å². The highest BCUT2D eigenvalue weighted by molar-refractivity contribution is 7.92. The summed E-state index contributed by atoms with van der Waals surface area (Å²) in [5, 5.41) is 5.87. The second-order valence-corrected chi connectivity index (χ2v) is 7.80. The number of hydrogen-bond donors (Lipinski definition) is 3. The molecule has 1 atom stereocenters. The van der Waals surface area contributed by atoms with Crippen molar-refractivity contribution < 1.29 is 22.3 Å². The largest absolute Gasteiger partial charge is 0.495 e. The fraction of sp³-hybridized carbons (Fsp3) is 0.278. The van der Waals surface area contributed by atoms with Crippen LogP contribution < -0.4 is 20.1 Å². The molecule has 0 radical (unpaired) electrons. The van der Waals surface area contributed by atoms with Crippen LogP contribution in [0.3, 0.4) is 0 Å². The summed E-state index contributed by atoms with van der Waals surface area (Å²) in [6.45, 7) is 0.795. The van der Waals surface area contributed by atoms with E-state index in [0.717, 1.165) is 31.5 Å². The lowest BCUT2D eigenvalue weighted by Crippen LogP contribution is -2.35. The second-order valence-electron chi connectivity index (χ2n) is 6.11. The van der Waals surface area contributed by atoms with Crippen molar-refractivity contribution in [1.29, 1.82) is 0 Å². The summed E-state index contributed by atoms with van der Waals surface area (Å²) in [6.07, 6.45) is 1.69. The zero-order valence-electron chi connectivity index (χ0n) is 15.1. The van der Waals surface area contributed by atoms with Gasteiger partial charge in [-0.2, -0.15) is 0 Å². The number of benzene rings is 2. The van der Waals surface area contributed by atoms with Crippen molar-refractivity contribution >= 4 is 39.7 Å². The summed E-state index contributed by atoms with van der Waals surface area (Å²) in [7, 11) is -2.54. The van der Waals surface area contributed by atoms with Gasteiger partial charge in [-0.05, 0) is 61.9 Å². The number of amides is 1. The minimum absolute atomic E-state index is 0. The van der Waals surface area contributed by atoms with E-state index in [0.29, 0.717) is 5.69 Å². The highest BCUT2D eigenvalue weighted by atomic mass is 35.5. The molecular weight excluding hydrogens is 409 g/mol. The van der Waals surface area contributed by atoms with E-state index in [1.54, 1.807) is 12.1 Å². The quantitative estimate of drug-likeness (QED) is 0.656. The van der Waals surface area contributed by atoms with Crippen LogP contribution in [0.1, 0.15) is 12.8 Å². The minimum atomic E-state index is -3.95. The molecule has 3 rings (SSSR count). The molecule has 152 valence electrons. The topological polar surface area (TPSA) is 96.5 Å². The first kappa shape index (κ1) is 21.9. The molecule has 0 aliphatic carbocycles. The number of carbonyl (C=O) groups is 1. The summed E-state index contributed by atoms with van der Waals surface area (Å²) in [4.78, 5) is 12.2. The average molecular weight is 430 g/mol. The van der Waals surface area contributed by atoms with Crippen LogP contribution in [0.5, 0.6) is 5.75 Å². The Kier molecular flexibility index (Phi) is 7.22. The van der Waals surface area contributed by atoms with Gasteiger partial charge in [-0.25, -0.2) is 12.8 Å². The van der Waals surface area contributed by atoms with E-state index in [2.05, 4.69) is 15.4 Å². The van der Waals surface area contributed by atoms with Crippen molar-refractivity contribution in [2.75, 3.05) is 23.7 Å². The SMILES string of the molecule is COc1ccc(NC(=O)C2CCCN2)cc1NS(=O)(=O)c1ccc(F)cc1.Cl. The third kappa shape index (κ3) is 5.12. The van der Waals surface area contributed by atoms with Gasteiger partial charge in [0.2, 0.25) is 5.91 Å². The number of sulfonamides is 1. The maximum absolute atomic E-state index is 13.0. The van der Waals surface area contributed by atoms with Crippen molar-refractivity contribution in [3.8, 4) is 5.75 Å². The van der Waals surface area contributed by atoms with E-state index in [1.807, 2.05) is 0 Å². The van der Waals surface area contributed by atoms with Crippen LogP contribution in [0.15, 0.2) is 47.4 Å². The van der Waals surface area contributed by atoms with Gasteiger partial charge in [0.25, 0.3) is 10.0 Å². The van der Waals surface area contributed by atoms with E-state index in [9.17, 15) is 17.6 Å². The second kappa shape index (κ2) is 9.22. The first-order valence-electron chi connectivity index (χ1n) is 8.40. The highest BCUT2D eigenvalue weighted by Crippen LogP contribution is 2.30. The zero-order chi connectivity index (χ0) is 19.4. The Morgan fingerprint density at radius 3 is 2.54 bits per heavy atom. The molecule has 1 unspecified atom stereocenters. The maximum Gasteiger partial charge on any atom is 0.262 e. The first-order chi connectivity index (χ1) is 12.9. The lowest BCUT2D eigenvalue weighted by atomic mass is 10.2. The third-order valence-corrected chi connectivity index (χ3v) is 5.59. The molecule has 1 aliphatic rings. The molecule has 0 aromatic heterocycles. The number of rotatable bonds is 6. The molecule has 28 heavy (non-hydrogen) atoms. The van der Waals surface area contributed by atoms with Crippen LogP contribution >= 0.6 is 12.4 Å². The Bertz CT molecular complexity index is 932. The van der Waals surface area contributed by atoms with Crippen molar-refractivity contribution in [3.05, 3.63) is 48.3 Å². The predicted molar refractivity (Wildman–Crippen MR) is 107 cm³/mol. The Morgan fingerprint density at radius 1 is 1.21 bits per heavy atom. The summed E-state index contributed by atoms with van der Waals surface area (Å²) in [5.74, 6) is -0.417. The maximum atomic E-state index is 13.0. The van der Waals surface area contributed by atoms with Gasteiger partial charge in [0.15, 0.2) is 0 Å². The van der Waals surface area contributed by atoms with Crippen molar-refractivity contribution in [1.82, 2.24) is 5.32 Å². The van der Waals surface area contributed by atoms with E-state index in [-0.39, 0.29) is 40.7 Å². The van der Waals surface area contributed by atoms with Crippen molar-refractivity contribution in [3.63, 3.8) is 0 Å². The monoisotopic (exact) mass is 429 g/mol. The summed E-state index contributed by atoms with van der Waals surface area (Å²) < 4.78 is 45.7. The fourth-order valence-electron chi connectivity index (χ4n) is 2.82. The molecule has 1 amide bonds. The van der Waals surface area contributed by atoms with Gasteiger partial charge < -0.3 is 15.4 Å². The molecule has 0 spiro atoms. The number of halogens is 2. The third-order valence-electron chi connectivity index (χ3n) is 4.21. The van der Waals surface area contributed by atoms with Gasteiger partial charge in [-0.15, -0.1) is 12.4 Å². The van der Waals surface area contributed by atoms with Gasteiger partial charge >= 0.3 is 0 Å². The molecule has 1 heterocycles. The smallest absolute Gasteiger partial charge is 0.262 e. The van der Waals surface area contributed by atoms with Crippen molar-refractivity contribution in [2.45, 2.75) is 23.8 Å². The standard InChI is InChI=1S/C18H20FN3O4S.ClH/c1-26-17-9-6-13(21-18(23)15-3-2-10-20-15)11-16(17)22-27(24,25)14-7-4-12(19)5-8-14;/h4-9,11,15,20,22H,2-3,10H2,1H3,(H,21,23);1H.